The molecule has 4 aromatic rings. The average molecular weight is 500 g/mol. The van der Waals surface area contributed by atoms with Crippen LogP contribution in [0.5, 0.6) is 5.75 Å². The van der Waals surface area contributed by atoms with Gasteiger partial charge in [-0.05, 0) is 60.9 Å². The summed E-state index contributed by atoms with van der Waals surface area (Å²) in [4.78, 5) is 30.3. The largest absolute Gasteiger partial charge is 0.489 e. The number of para-hydroxylation sites is 1. The Morgan fingerprint density at radius 1 is 1.08 bits per heavy atom. The molecule has 7 nitrogen and oxygen atoms in total. The molecular formula is C29H26FN3O4. The van der Waals surface area contributed by atoms with Gasteiger partial charge in [0.1, 0.15) is 18.2 Å². The number of fused-ring (bicyclic) bond motifs is 1. The number of aryl methyl sites for hydroxylation is 1. The number of aromatic nitrogens is 1. The molecule has 1 aromatic heterocycles. The molecule has 37 heavy (non-hydrogen) atoms. The lowest BCUT2D eigenvalue weighted by Gasteiger charge is -2.19. The number of carbonyl (C=O) groups excluding carboxylic acids is 2. The highest BCUT2D eigenvalue weighted by molar-refractivity contribution is 6.00. The van der Waals surface area contributed by atoms with E-state index in [1.165, 1.54) is 12.1 Å². The second-order valence-corrected chi connectivity index (χ2v) is 9.27. The minimum Gasteiger partial charge on any atom is -0.489 e. The number of benzene rings is 3. The average Bonchev–Trinajstić information content (AvgIpc) is 3.68. The smallest absolute Gasteiger partial charge is 0.247 e. The summed E-state index contributed by atoms with van der Waals surface area (Å²) >= 11 is 0. The number of nitrogens with zero attached hydrogens (tertiary/aromatic N) is 1. The van der Waals surface area contributed by atoms with Crippen LogP contribution in [0.15, 0.2) is 78.9 Å². The highest BCUT2D eigenvalue weighted by Gasteiger charge is 2.64. The Labute approximate surface area is 213 Å². The van der Waals surface area contributed by atoms with Crippen LogP contribution in [-0.4, -0.2) is 22.0 Å². The molecule has 1 saturated carbocycles. The number of pyridine rings is 1. The molecule has 0 radical (unpaired) electrons. The van der Waals surface area contributed by atoms with Crippen LogP contribution in [0.2, 0.25) is 0 Å². The lowest BCUT2D eigenvalue weighted by atomic mass is 9.91. The quantitative estimate of drug-likeness (QED) is 0.247. The maximum atomic E-state index is 13.4. The fraction of sp³-hybridized carbons (Fsp3) is 0.207. The van der Waals surface area contributed by atoms with Gasteiger partial charge in [-0.2, -0.15) is 0 Å². The first-order chi connectivity index (χ1) is 17.9. The van der Waals surface area contributed by atoms with Crippen molar-refractivity contribution in [2.24, 2.45) is 5.92 Å². The van der Waals surface area contributed by atoms with E-state index in [1.807, 2.05) is 37.3 Å². The van der Waals surface area contributed by atoms with Gasteiger partial charge in [0.2, 0.25) is 11.8 Å². The van der Waals surface area contributed by atoms with Gasteiger partial charge in [0.05, 0.1) is 16.8 Å². The van der Waals surface area contributed by atoms with E-state index in [4.69, 9.17) is 4.74 Å². The van der Waals surface area contributed by atoms with Gasteiger partial charge in [0.15, 0.2) is 0 Å². The number of carbonyl (C=O) groups is 2. The minimum atomic E-state index is -1.15. The summed E-state index contributed by atoms with van der Waals surface area (Å²) in [6, 6.07) is 22.8. The standard InChI is InChI=1S/C29H26FN3O4/c1-18-13-20(24-7-2-3-8-26(24)32-18)17-37-23-6-4-5-21(14-23)29(15-25(29)27(34)33-36)28(35)31-16-19-9-11-22(30)12-10-19/h2-14,25,36H,15-17H2,1H3,(H,31,35)(H,33,34). The molecule has 2 unspecified atom stereocenters. The number of hydrogen-bond donors (Lipinski definition) is 3. The van der Waals surface area contributed by atoms with Crippen LogP contribution in [0.1, 0.15) is 28.8 Å². The molecule has 2 amide bonds. The molecule has 0 spiro atoms. The number of halogens is 1. The molecule has 3 N–H and O–H groups in total. The van der Waals surface area contributed by atoms with E-state index in [9.17, 15) is 19.2 Å². The number of rotatable bonds is 8. The van der Waals surface area contributed by atoms with E-state index in [-0.39, 0.29) is 24.7 Å². The first kappa shape index (κ1) is 24.4. The van der Waals surface area contributed by atoms with Gasteiger partial charge in [-0.25, -0.2) is 9.87 Å². The third-order valence-corrected chi connectivity index (χ3v) is 6.83. The van der Waals surface area contributed by atoms with Crippen LogP contribution in [-0.2, 0) is 28.2 Å². The Hall–Kier alpha value is -4.30. The van der Waals surface area contributed by atoms with Gasteiger partial charge in [-0.1, -0.05) is 42.5 Å². The number of nitrogens with one attached hydrogen (secondary N) is 2. The molecule has 3 aromatic carbocycles. The summed E-state index contributed by atoms with van der Waals surface area (Å²) < 4.78 is 19.3. The van der Waals surface area contributed by atoms with E-state index in [0.29, 0.717) is 17.9 Å². The monoisotopic (exact) mass is 499 g/mol. The van der Waals surface area contributed by atoms with Crippen molar-refractivity contribution in [2.45, 2.75) is 31.9 Å². The topological polar surface area (TPSA) is 101 Å². The van der Waals surface area contributed by atoms with Crippen LogP contribution < -0.4 is 15.5 Å². The second-order valence-electron chi connectivity index (χ2n) is 9.27. The zero-order chi connectivity index (χ0) is 26.0. The predicted molar refractivity (Wildman–Crippen MR) is 135 cm³/mol. The molecule has 5 rings (SSSR count). The maximum absolute atomic E-state index is 13.4. The predicted octanol–water partition coefficient (Wildman–Crippen LogP) is 4.34. The van der Waals surface area contributed by atoms with Gasteiger partial charge >= 0.3 is 0 Å². The highest BCUT2D eigenvalue weighted by atomic mass is 19.1. The van der Waals surface area contributed by atoms with Crippen LogP contribution in [0, 0.1) is 18.7 Å². The molecule has 1 fully saturated rings. The summed E-state index contributed by atoms with van der Waals surface area (Å²) in [6.07, 6.45) is 0.242. The molecule has 8 heteroatoms. The van der Waals surface area contributed by atoms with Crippen LogP contribution in [0.4, 0.5) is 4.39 Å². The molecule has 0 bridgehead atoms. The SMILES string of the molecule is Cc1cc(COc2cccc(C3(C(=O)NCc4ccc(F)cc4)CC3C(=O)NO)c2)c2ccccc2n1. The van der Waals surface area contributed by atoms with Crippen molar-refractivity contribution in [1.29, 1.82) is 0 Å². The lowest BCUT2D eigenvalue weighted by Crippen LogP contribution is -2.38. The number of amides is 2. The van der Waals surface area contributed by atoms with Crippen LogP contribution in [0.3, 0.4) is 0 Å². The van der Waals surface area contributed by atoms with Crippen molar-refractivity contribution in [2.75, 3.05) is 0 Å². The highest BCUT2D eigenvalue weighted by Crippen LogP contribution is 2.55. The normalized spacial score (nSPS) is 18.3. The molecule has 0 saturated heterocycles. The summed E-state index contributed by atoms with van der Waals surface area (Å²) in [5.74, 6) is -1.51. The molecule has 1 aliphatic carbocycles. The number of ether oxygens (including phenoxy) is 1. The fourth-order valence-corrected chi connectivity index (χ4v) is 4.84. The maximum Gasteiger partial charge on any atom is 0.247 e. The minimum absolute atomic E-state index is 0.180. The van der Waals surface area contributed by atoms with Crippen molar-refractivity contribution >= 4 is 22.7 Å². The third-order valence-electron chi connectivity index (χ3n) is 6.83. The van der Waals surface area contributed by atoms with Crippen molar-refractivity contribution in [3.63, 3.8) is 0 Å². The Morgan fingerprint density at radius 3 is 2.65 bits per heavy atom. The van der Waals surface area contributed by atoms with E-state index < -0.39 is 17.2 Å². The van der Waals surface area contributed by atoms with E-state index >= 15 is 0 Å². The molecule has 188 valence electrons. The van der Waals surface area contributed by atoms with Gasteiger partial charge in [-0.3, -0.25) is 19.8 Å². The first-order valence-electron chi connectivity index (χ1n) is 12.0. The molecular weight excluding hydrogens is 473 g/mol. The molecule has 1 aliphatic rings. The van der Waals surface area contributed by atoms with Gasteiger partial charge in [0.25, 0.3) is 0 Å². The summed E-state index contributed by atoms with van der Waals surface area (Å²) in [5, 5.41) is 13.1. The number of hydrogen-bond acceptors (Lipinski definition) is 5. The van der Waals surface area contributed by atoms with Gasteiger partial charge < -0.3 is 10.1 Å². The van der Waals surface area contributed by atoms with E-state index in [1.54, 1.807) is 41.9 Å². The molecule has 2 atom stereocenters. The van der Waals surface area contributed by atoms with Gasteiger partial charge in [0, 0.05) is 23.2 Å². The third kappa shape index (κ3) is 4.88. The summed E-state index contributed by atoms with van der Waals surface area (Å²) in [6.45, 7) is 2.42. The fourth-order valence-electron chi connectivity index (χ4n) is 4.84. The van der Waals surface area contributed by atoms with Crippen molar-refractivity contribution < 1.29 is 23.9 Å². The summed E-state index contributed by atoms with van der Waals surface area (Å²) in [7, 11) is 0. The van der Waals surface area contributed by atoms with Gasteiger partial charge in [-0.15, -0.1) is 0 Å². The van der Waals surface area contributed by atoms with Crippen molar-refractivity contribution in [1.82, 2.24) is 15.8 Å². The van der Waals surface area contributed by atoms with Crippen LogP contribution in [0.25, 0.3) is 10.9 Å². The second kappa shape index (κ2) is 9.99. The Morgan fingerprint density at radius 2 is 1.86 bits per heavy atom. The Balaban J connectivity index is 1.37. The van der Waals surface area contributed by atoms with E-state index in [2.05, 4.69) is 10.3 Å². The molecule has 1 heterocycles. The number of hydroxylamine groups is 1. The lowest BCUT2D eigenvalue weighted by molar-refractivity contribution is -0.133. The summed E-state index contributed by atoms with van der Waals surface area (Å²) in [5.41, 5.74) is 4.64. The zero-order valence-corrected chi connectivity index (χ0v) is 20.2. The zero-order valence-electron chi connectivity index (χ0n) is 20.2. The van der Waals surface area contributed by atoms with E-state index in [0.717, 1.165) is 27.7 Å². The van der Waals surface area contributed by atoms with Crippen LogP contribution >= 0.6 is 0 Å². The van der Waals surface area contributed by atoms with Crippen molar-refractivity contribution in [3.05, 3.63) is 107 Å². The first-order valence-corrected chi connectivity index (χ1v) is 12.0. The Kier molecular flexibility index (Phi) is 6.58. The Bertz CT molecular complexity index is 1470. The molecule has 0 aliphatic heterocycles. The van der Waals surface area contributed by atoms with Crippen molar-refractivity contribution in [3.8, 4) is 5.75 Å².